The Kier molecular flexibility index (Phi) is 1.65. The molecule has 0 bridgehead atoms. The number of hydrogen-bond acceptors (Lipinski definition) is 2. The third-order valence-electron chi connectivity index (χ3n) is 1.36. The Morgan fingerprint density at radius 3 is 1.50 bits per heavy atom. The monoisotopic (exact) mass is 114 g/mol. The highest BCUT2D eigenvalue weighted by Gasteiger charge is 2.22. The molecule has 0 fully saturated rings. The number of hydrogen-bond donors (Lipinski definition) is 0. The number of methoxy groups -OCH3 is 2. The van der Waals surface area contributed by atoms with Crippen molar-refractivity contribution in [2.75, 3.05) is 14.2 Å². The van der Waals surface area contributed by atoms with E-state index in [0.717, 1.165) is 0 Å². The second kappa shape index (κ2) is 2.29. The van der Waals surface area contributed by atoms with E-state index in [4.69, 9.17) is 9.47 Å². The van der Waals surface area contributed by atoms with Crippen molar-refractivity contribution in [3.63, 3.8) is 0 Å². The van der Waals surface area contributed by atoms with Gasteiger partial charge in [0.15, 0.2) is 0 Å². The average Bonchev–Trinajstić information content (AvgIpc) is 1.66. The fourth-order valence-corrected chi connectivity index (χ4v) is 0.718. The molecule has 0 aromatic rings. The van der Waals surface area contributed by atoms with Crippen molar-refractivity contribution in [3.8, 4) is 0 Å². The molecule has 1 aliphatic carbocycles. The lowest BCUT2D eigenvalue weighted by Crippen LogP contribution is -2.33. The normalized spacial score (nSPS) is 34.8. The maximum atomic E-state index is 4.98. The van der Waals surface area contributed by atoms with Crippen LogP contribution in [0.5, 0.6) is 0 Å². The van der Waals surface area contributed by atoms with E-state index in [1.54, 1.807) is 14.2 Å². The zero-order valence-corrected chi connectivity index (χ0v) is 5.13. The first-order valence-electron chi connectivity index (χ1n) is 2.62. The Hall–Kier alpha value is -0.340. The SMILES string of the molecule is COC1C=CC1OC. The predicted molar refractivity (Wildman–Crippen MR) is 30.7 cm³/mol. The summed E-state index contributed by atoms with van der Waals surface area (Å²) in [4.78, 5) is 0. The number of ether oxygens (including phenoxy) is 2. The van der Waals surface area contributed by atoms with Crippen LogP contribution >= 0.6 is 0 Å². The highest BCUT2D eigenvalue weighted by molar-refractivity contribution is 5.12. The largest absolute Gasteiger partial charge is 0.374 e. The van der Waals surface area contributed by atoms with Gasteiger partial charge >= 0.3 is 0 Å². The molecule has 2 nitrogen and oxygen atoms in total. The topological polar surface area (TPSA) is 18.5 Å². The van der Waals surface area contributed by atoms with Gasteiger partial charge in [0, 0.05) is 14.2 Å². The Labute approximate surface area is 49.1 Å². The van der Waals surface area contributed by atoms with Crippen LogP contribution in [0, 0.1) is 0 Å². The highest BCUT2D eigenvalue weighted by Crippen LogP contribution is 2.14. The summed E-state index contributed by atoms with van der Waals surface area (Å²) in [7, 11) is 3.36. The van der Waals surface area contributed by atoms with Crippen LogP contribution in [0.25, 0.3) is 0 Å². The standard InChI is InChI=1S/C6H10O2/c1-7-5-3-4-6(5)8-2/h3-6H,1-2H3. The van der Waals surface area contributed by atoms with Crippen LogP contribution in [-0.4, -0.2) is 26.4 Å². The van der Waals surface area contributed by atoms with Crippen LogP contribution in [-0.2, 0) is 9.47 Å². The molecule has 1 aliphatic rings. The summed E-state index contributed by atoms with van der Waals surface area (Å²) in [6.07, 6.45) is 4.35. The van der Waals surface area contributed by atoms with Gasteiger partial charge in [-0.1, -0.05) is 12.2 Å². The van der Waals surface area contributed by atoms with Crippen molar-refractivity contribution in [3.05, 3.63) is 12.2 Å². The Morgan fingerprint density at radius 1 is 1.00 bits per heavy atom. The van der Waals surface area contributed by atoms with Crippen molar-refractivity contribution in [2.45, 2.75) is 12.2 Å². The molecule has 0 saturated carbocycles. The first-order valence-corrected chi connectivity index (χ1v) is 2.62. The molecule has 0 aliphatic heterocycles. The van der Waals surface area contributed by atoms with Gasteiger partial charge in [-0.2, -0.15) is 0 Å². The minimum atomic E-state index is 0.194. The lowest BCUT2D eigenvalue weighted by Gasteiger charge is -2.25. The summed E-state index contributed by atoms with van der Waals surface area (Å²) in [5.41, 5.74) is 0. The molecule has 0 aromatic carbocycles. The lowest BCUT2D eigenvalue weighted by atomic mass is 10.0. The number of rotatable bonds is 2. The molecule has 0 amide bonds. The smallest absolute Gasteiger partial charge is 0.105 e. The van der Waals surface area contributed by atoms with Crippen molar-refractivity contribution < 1.29 is 9.47 Å². The van der Waals surface area contributed by atoms with Crippen LogP contribution in [0.4, 0.5) is 0 Å². The summed E-state index contributed by atoms with van der Waals surface area (Å²) in [6.45, 7) is 0. The molecule has 2 heteroatoms. The van der Waals surface area contributed by atoms with Crippen LogP contribution in [0.1, 0.15) is 0 Å². The molecule has 0 heterocycles. The maximum Gasteiger partial charge on any atom is 0.105 e. The Morgan fingerprint density at radius 2 is 1.38 bits per heavy atom. The Bertz CT molecular complexity index is 86.7. The molecular formula is C6H10O2. The van der Waals surface area contributed by atoms with Gasteiger partial charge in [0.05, 0.1) is 0 Å². The molecule has 2 unspecified atom stereocenters. The third-order valence-corrected chi connectivity index (χ3v) is 1.36. The average molecular weight is 114 g/mol. The first kappa shape index (κ1) is 5.79. The molecule has 46 valence electrons. The van der Waals surface area contributed by atoms with Crippen LogP contribution in [0.2, 0.25) is 0 Å². The summed E-state index contributed by atoms with van der Waals surface area (Å²) < 4.78 is 9.96. The second-order valence-corrected chi connectivity index (χ2v) is 1.79. The van der Waals surface area contributed by atoms with Crippen molar-refractivity contribution in [2.24, 2.45) is 0 Å². The van der Waals surface area contributed by atoms with E-state index in [1.807, 2.05) is 12.2 Å². The molecule has 0 spiro atoms. The van der Waals surface area contributed by atoms with E-state index in [1.165, 1.54) is 0 Å². The van der Waals surface area contributed by atoms with Gasteiger partial charge < -0.3 is 9.47 Å². The van der Waals surface area contributed by atoms with Crippen LogP contribution in [0.15, 0.2) is 12.2 Å². The minimum Gasteiger partial charge on any atom is -0.374 e. The van der Waals surface area contributed by atoms with Crippen LogP contribution in [0.3, 0.4) is 0 Å². The van der Waals surface area contributed by atoms with Gasteiger partial charge in [0.25, 0.3) is 0 Å². The summed E-state index contributed by atoms with van der Waals surface area (Å²) in [5, 5.41) is 0. The lowest BCUT2D eigenvalue weighted by molar-refractivity contribution is -0.00249. The van der Waals surface area contributed by atoms with E-state index in [0.29, 0.717) is 0 Å². The van der Waals surface area contributed by atoms with Gasteiger partial charge in [-0.15, -0.1) is 0 Å². The molecule has 0 saturated heterocycles. The van der Waals surface area contributed by atoms with E-state index in [2.05, 4.69) is 0 Å². The van der Waals surface area contributed by atoms with Gasteiger partial charge in [-0.25, -0.2) is 0 Å². The van der Waals surface area contributed by atoms with E-state index < -0.39 is 0 Å². The molecule has 0 aromatic heterocycles. The molecular weight excluding hydrogens is 104 g/mol. The highest BCUT2D eigenvalue weighted by atomic mass is 16.5. The van der Waals surface area contributed by atoms with E-state index >= 15 is 0 Å². The van der Waals surface area contributed by atoms with Crippen molar-refractivity contribution >= 4 is 0 Å². The zero-order chi connectivity index (χ0) is 5.98. The van der Waals surface area contributed by atoms with Gasteiger partial charge in [0.2, 0.25) is 0 Å². The molecule has 0 N–H and O–H groups in total. The maximum absolute atomic E-state index is 4.98. The third kappa shape index (κ3) is 0.767. The van der Waals surface area contributed by atoms with Crippen LogP contribution < -0.4 is 0 Å². The second-order valence-electron chi connectivity index (χ2n) is 1.79. The fourth-order valence-electron chi connectivity index (χ4n) is 0.718. The molecule has 2 atom stereocenters. The van der Waals surface area contributed by atoms with Gasteiger partial charge in [-0.05, 0) is 0 Å². The molecule has 1 rings (SSSR count). The van der Waals surface area contributed by atoms with E-state index in [-0.39, 0.29) is 12.2 Å². The van der Waals surface area contributed by atoms with E-state index in [9.17, 15) is 0 Å². The van der Waals surface area contributed by atoms with Gasteiger partial charge in [0.1, 0.15) is 12.2 Å². The summed E-state index contributed by atoms with van der Waals surface area (Å²) >= 11 is 0. The minimum absolute atomic E-state index is 0.194. The first-order chi connectivity index (χ1) is 3.88. The summed E-state index contributed by atoms with van der Waals surface area (Å²) in [5.74, 6) is 0. The Balaban J connectivity index is 2.30. The molecule has 0 radical (unpaired) electrons. The van der Waals surface area contributed by atoms with Crippen molar-refractivity contribution in [1.29, 1.82) is 0 Å². The quantitative estimate of drug-likeness (QED) is 0.489. The zero-order valence-electron chi connectivity index (χ0n) is 5.13. The predicted octanol–water partition coefficient (Wildman–Crippen LogP) is 0.586. The molecule has 8 heavy (non-hydrogen) atoms. The van der Waals surface area contributed by atoms with Crippen molar-refractivity contribution in [1.82, 2.24) is 0 Å². The van der Waals surface area contributed by atoms with Gasteiger partial charge in [-0.3, -0.25) is 0 Å². The fraction of sp³-hybridized carbons (Fsp3) is 0.667. The summed E-state index contributed by atoms with van der Waals surface area (Å²) in [6, 6.07) is 0.